The van der Waals surface area contributed by atoms with Crippen LogP contribution < -0.4 is 11.5 Å². The minimum absolute atomic E-state index is 0.0823. The highest BCUT2D eigenvalue weighted by Gasteiger charge is 2.27. The van der Waals surface area contributed by atoms with Gasteiger partial charge in [0.2, 0.25) is 0 Å². The third-order valence-electron chi connectivity index (χ3n) is 3.81. The Morgan fingerprint density at radius 3 is 2.65 bits per heavy atom. The molecule has 0 bridgehead atoms. The molecule has 0 unspecified atom stereocenters. The lowest BCUT2D eigenvalue weighted by molar-refractivity contribution is 0.0719. The number of rotatable bonds is 2. The zero-order valence-electron chi connectivity index (χ0n) is 11.0. The van der Waals surface area contributed by atoms with E-state index in [0.29, 0.717) is 18.4 Å². The van der Waals surface area contributed by atoms with E-state index < -0.39 is 6.09 Å². The number of hydrogen-bond acceptors (Lipinski definition) is 4. The number of amides is 1. The minimum atomic E-state index is -0.737. The van der Waals surface area contributed by atoms with Crippen molar-refractivity contribution in [1.82, 2.24) is 4.57 Å². The first-order chi connectivity index (χ1) is 9.65. The van der Waals surface area contributed by atoms with Crippen molar-refractivity contribution in [2.24, 2.45) is 5.73 Å². The zero-order valence-corrected chi connectivity index (χ0v) is 11.0. The van der Waals surface area contributed by atoms with Crippen LogP contribution in [0.2, 0.25) is 0 Å². The summed E-state index contributed by atoms with van der Waals surface area (Å²) in [5.41, 5.74) is 6.44. The second kappa shape index (κ2) is 5.03. The van der Waals surface area contributed by atoms with Crippen LogP contribution in [0.5, 0.6) is 0 Å². The van der Waals surface area contributed by atoms with Gasteiger partial charge in [-0.15, -0.1) is 0 Å². The standard InChI is InChI=1S/C14H16N2O4/c15-13(17)19-10-7-5-9(6-8-10)16-11-3-1-2-4-12(11)20-14(16)18/h1-4,9-10H,5-8H2,(H2,15,17). The number of hydrogen-bond donors (Lipinski definition) is 1. The maximum Gasteiger partial charge on any atom is 0.420 e. The maximum absolute atomic E-state index is 12.0. The summed E-state index contributed by atoms with van der Waals surface area (Å²) < 4.78 is 12.0. The molecule has 6 nitrogen and oxygen atoms in total. The van der Waals surface area contributed by atoms with E-state index in [1.165, 1.54) is 0 Å². The predicted octanol–water partition coefficient (Wildman–Crippen LogP) is 2.17. The molecule has 1 fully saturated rings. The molecule has 106 valence electrons. The van der Waals surface area contributed by atoms with Gasteiger partial charge in [0.1, 0.15) is 6.10 Å². The first-order valence-electron chi connectivity index (χ1n) is 6.71. The molecule has 1 aliphatic carbocycles. The lowest BCUT2D eigenvalue weighted by Crippen LogP contribution is -2.30. The number of nitrogens with two attached hydrogens (primary N) is 1. The van der Waals surface area contributed by atoms with Crippen molar-refractivity contribution in [3.8, 4) is 0 Å². The maximum atomic E-state index is 12.0. The third-order valence-corrected chi connectivity index (χ3v) is 3.81. The predicted molar refractivity (Wildman–Crippen MR) is 72.4 cm³/mol. The number of para-hydroxylation sites is 2. The summed E-state index contributed by atoms with van der Waals surface area (Å²) >= 11 is 0. The van der Waals surface area contributed by atoms with Gasteiger partial charge in [-0.25, -0.2) is 9.59 Å². The second-order valence-electron chi connectivity index (χ2n) is 5.07. The molecule has 1 aromatic carbocycles. The van der Waals surface area contributed by atoms with Gasteiger partial charge in [-0.05, 0) is 37.8 Å². The molecule has 1 saturated carbocycles. The zero-order chi connectivity index (χ0) is 14.1. The Balaban J connectivity index is 1.82. The van der Waals surface area contributed by atoms with Crippen molar-refractivity contribution in [2.45, 2.75) is 37.8 Å². The van der Waals surface area contributed by atoms with Gasteiger partial charge in [0.25, 0.3) is 0 Å². The van der Waals surface area contributed by atoms with Crippen LogP contribution in [0.25, 0.3) is 11.1 Å². The van der Waals surface area contributed by atoms with Crippen LogP contribution >= 0.6 is 0 Å². The summed E-state index contributed by atoms with van der Waals surface area (Å²) in [4.78, 5) is 22.7. The highest BCUT2D eigenvalue weighted by Crippen LogP contribution is 2.31. The van der Waals surface area contributed by atoms with Crippen molar-refractivity contribution in [2.75, 3.05) is 0 Å². The molecular weight excluding hydrogens is 260 g/mol. The number of ether oxygens (including phenoxy) is 1. The van der Waals surface area contributed by atoms with Gasteiger partial charge in [0.05, 0.1) is 5.52 Å². The molecule has 0 radical (unpaired) electrons. The summed E-state index contributed by atoms with van der Waals surface area (Å²) in [6.07, 6.45) is 2.07. The summed E-state index contributed by atoms with van der Waals surface area (Å²) in [5, 5.41) is 0. The normalized spacial score (nSPS) is 22.8. The molecule has 0 saturated heterocycles. The summed E-state index contributed by atoms with van der Waals surface area (Å²) in [6.45, 7) is 0. The Bertz CT molecular complexity index is 680. The Hall–Kier alpha value is -2.24. The highest BCUT2D eigenvalue weighted by atomic mass is 16.6. The van der Waals surface area contributed by atoms with Gasteiger partial charge in [0, 0.05) is 6.04 Å². The van der Waals surface area contributed by atoms with E-state index in [9.17, 15) is 9.59 Å². The number of fused-ring (bicyclic) bond motifs is 1. The number of carbonyl (C=O) groups is 1. The number of oxazole rings is 1. The van der Waals surface area contributed by atoms with Crippen molar-refractivity contribution in [3.63, 3.8) is 0 Å². The first kappa shape index (κ1) is 12.8. The largest absolute Gasteiger partial charge is 0.446 e. The Labute approximate surface area is 115 Å². The van der Waals surface area contributed by atoms with Gasteiger partial charge in [-0.1, -0.05) is 12.1 Å². The topological polar surface area (TPSA) is 87.5 Å². The molecule has 1 amide bonds. The van der Waals surface area contributed by atoms with Crippen molar-refractivity contribution < 1.29 is 13.9 Å². The van der Waals surface area contributed by atoms with Crippen LogP contribution in [-0.4, -0.2) is 16.8 Å². The highest BCUT2D eigenvalue weighted by molar-refractivity contribution is 5.72. The molecular formula is C14H16N2O4. The molecule has 0 aliphatic heterocycles. The summed E-state index contributed by atoms with van der Waals surface area (Å²) in [6, 6.07) is 7.48. The average Bonchev–Trinajstić information content (AvgIpc) is 2.75. The van der Waals surface area contributed by atoms with Gasteiger partial charge in [-0.3, -0.25) is 4.57 Å². The van der Waals surface area contributed by atoms with Gasteiger partial charge in [-0.2, -0.15) is 0 Å². The number of aromatic nitrogens is 1. The lowest BCUT2D eigenvalue weighted by Gasteiger charge is -2.28. The molecule has 2 aromatic rings. The molecule has 1 aromatic heterocycles. The van der Waals surface area contributed by atoms with Crippen LogP contribution in [0.4, 0.5) is 4.79 Å². The summed E-state index contributed by atoms with van der Waals surface area (Å²) in [5.74, 6) is -0.328. The molecule has 2 N–H and O–H groups in total. The van der Waals surface area contributed by atoms with Crippen LogP contribution in [0, 0.1) is 0 Å². The fraction of sp³-hybridized carbons (Fsp3) is 0.429. The van der Waals surface area contributed by atoms with E-state index in [-0.39, 0.29) is 17.9 Å². The molecule has 1 aliphatic rings. The minimum Gasteiger partial charge on any atom is -0.446 e. The van der Waals surface area contributed by atoms with Crippen LogP contribution in [-0.2, 0) is 4.74 Å². The van der Waals surface area contributed by atoms with E-state index >= 15 is 0 Å². The van der Waals surface area contributed by atoms with E-state index in [1.807, 2.05) is 18.2 Å². The number of nitrogens with zero attached hydrogens (tertiary/aromatic N) is 1. The average molecular weight is 276 g/mol. The fourth-order valence-electron chi connectivity index (χ4n) is 2.92. The SMILES string of the molecule is NC(=O)OC1CCC(n2c(=O)oc3ccccc32)CC1. The Morgan fingerprint density at radius 2 is 1.95 bits per heavy atom. The molecule has 0 spiro atoms. The van der Waals surface area contributed by atoms with Gasteiger partial charge >= 0.3 is 11.8 Å². The van der Waals surface area contributed by atoms with Gasteiger partial charge < -0.3 is 14.9 Å². The van der Waals surface area contributed by atoms with Crippen LogP contribution in [0.1, 0.15) is 31.7 Å². The van der Waals surface area contributed by atoms with Crippen molar-refractivity contribution in [1.29, 1.82) is 0 Å². The van der Waals surface area contributed by atoms with Crippen LogP contribution in [0.3, 0.4) is 0 Å². The smallest absolute Gasteiger partial charge is 0.420 e. The van der Waals surface area contributed by atoms with E-state index in [2.05, 4.69) is 0 Å². The van der Waals surface area contributed by atoms with Gasteiger partial charge in [0.15, 0.2) is 5.58 Å². The molecule has 20 heavy (non-hydrogen) atoms. The summed E-state index contributed by atoms with van der Waals surface area (Å²) in [7, 11) is 0. The lowest BCUT2D eigenvalue weighted by atomic mass is 9.92. The molecule has 3 rings (SSSR count). The number of benzene rings is 1. The van der Waals surface area contributed by atoms with E-state index in [4.69, 9.17) is 14.9 Å². The van der Waals surface area contributed by atoms with Crippen LogP contribution in [0.15, 0.2) is 33.5 Å². The Morgan fingerprint density at radius 1 is 1.25 bits per heavy atom. The third kappa shape index (κ3) is 2.29. The molecule has 1 heterocycles. The first-order valence-corrected chi connectivity index (χ1v) is 6.71. The fourth-order valence-corrected chi connectivity index (χ4v) is 2.92. The van der Waals surface area contributed by atoms with E-state index in [0.717, 1.165) is 18.4 Å². The number of primary amides is 1. The molecule has 0 atom stereocenters. The molecule has 6 heteroatoms. The van der Waals surface area contributed by atoms with Crippen molar-refractivity contribution in [3.05, 3.63) is 34.8 Å². The Kier molecular flexibility index (Phi) is 3.22. The number of carbonyl (C=O) groups excluding carboxylic acids is 1. The quantitative estimate of drug-likeness (QED) is 0.910. The monoisotopic (exact) mass is 276 g/mol. The van der Waals surface area contributed by atoms with E-state index in [1.54, 1.807) is 10.6 Å². The second-order valence-corrected chi connectivity index (χ2v) is 5.07. The van der Waals surface area contributed by atoms with Crippen molar-refractivity contribution >= 4 is 17.2 Å².